The highest BCUT2D eigenvalue weighted by Crippen LogP contribution is 2.21. The number of nitrogens with zero attached hydrogens (tertiary/aromatic N) is 1. The van der Waals surface area contributed by atoms with Crippen LogP contribution >= 0.6 is 0 Å². The Hall–Kier alpha value is -1.04. The van der Waals surface area contributed by atoms with Gasteiger partial charge in [0.25, 0.3) is 0 Å². The van der Waals surface area contributed by atoms with Gasteiger partial charge in [-0.25, -0.2) is 8.78 Å². The van der Waals surface area contributed by atoms with Crippen molar-refractivity contribution in [1.29, 1.82) is 0 Å². The van der Waals surface area contributed by atoms with Gasteiger partial charge in [0.2, 0.25) is 0 Å². The predicted octanol–water partition coefficient (Wildman–Crippen LogP) is 1.93. The Morgan fingerprint density at radius 1 is 1.28 bits per heavy atom. The number of nitrogens with two attached hydrogens (primary N) is 1. The van der Waals surface area contributed by atoms with E-state index in [4.69, 9.17) is 10.5 Å². The summed E-state index contributed by atoms with van der Waals surface area (Å²) in [5.41, 5.74) is 6.29. The summed E-state index contributed by atoms with van der Waals surface area (Å²) in [7, 11) is 1.62. The van der Waals surface area contributed by atoms with Crippen molar-refractivity contribution in [2.24, 2.45) is 5.73 Å². The van der Waals surface area contributed by atoms with Crippen LogP contribution in [-0.2, 0) is 4.74 Å². The van der Waals surface area contributed by atoms with Gasteiger partial charge in [-0.2, -0.15) is 0 Å². The third kappa shape index (κ3) is 4.01. The number of hydrogen-bond acceptors (Lipinski definition) is 3. The van der Waals surface area contributed by atoms with E-state index in [2.05, 4.69) is 0 Å². The first kappa shape index (κ1) is 15.0. The maximum absolute atomic E-state index is 13.2. The molecular formula is C13H20F2N2O. The van der Waals surface area contributed by atoms with E-state index in [-0.39, 0.29) is 6.04 Å². The summed E-state index contributed by atoms with van der Waals surface area (Å²) in [5.74, 6) is -1.16. The van der Waals surface area contributed by atoms with Crippen LogP contribution in [0, 0.1) is 11.6 Å². The largest absolute Gasteiger partial charge is 0.383 e. The van der Waals surface area contributed by atoms with E-state index in [0.29, 0.717) is 25.3 Å². The van der Waals surface area contributed by atoms with Gasteiger partial charge in [-0.1, -0.05) is 6.92 Å². The Morgan fingerprint density at radius 3 is 2.33 bits per heavy atom. The summed E-state index contributed by atoms with van der Waals surface area (Å²) < 4.78 is 31.5. The molecule has 18 heavy (non-hydrogen) atoms. The van der Waals surface area contributed by atoms with Crippen LogP contribution in [0.4, 0.5) is 8.78 Å². The third-order valence-electron chi connectivity index (χ3n) is 2.92. The molecule has 0 aliphatic heterocycles. The monoisotopic (exact) mass is 258 g/mol. The second-order valence-corrected chi connectivity index (χ2v) is 4.08. The first-order valence-corrected chi connectivity index (χ1v) is 6.01. The maximum atomic E-state index is 13.2. The molecule has 1 atom stereocenters. The molecule has 1 unspecified atom stereocenters. The second-order valence-electron chi connectivity index (χ2n) is 4.08. The van der Waals surface area contributed by atoms with Crippen LogP contribution < -0.4 is 5.73 Å². The molecule has 1 aromatic rings. The maximum Gasteiger partial charge on any atom is 0.126 e. The number of rotatable bonds is 7. The van der Waals surface area contributed by atoms with E-state index in [9.17, 15) is 8.78 Å². The van der Waals surface area contributed by atoms with Gasteiger partial charge in [0.1, 0.15) is 11.6 Å². The molecule has 0 amide bonds. The Labute approximate surface area is 107 Å². The van der Waals surface area contributed by atoms with Gasteiger partial charge in [-0.3, -0.25) is 4.90 Å². The lowest BCUT2D eigenvalue weighted by atomic mass is 10.0. The van der Waals surface area contributed by atoms with Gasteiger partial charge < -0.3 is 10.5 Å². The molecule has 0 aromatic heterocycles. The summed E-state index contributed by atoms with van der Waals surface area (Å²) in [6.45, 7) is 4.26. The summed E-state index contributed by atoms with van der Waals surface area (Å²) in [6, 6.07) is 3.32. The van der Waals surface area contributed by atoms with E-state index in [1.165, 1.54) is 12.1 Å². The predicted molar refractivity (Wildman–Crippen MR) is 67.3 cm³/mol. The molecule has 2 N–H and O–H groups in total. The SMILES string of the molecule is CCN(CCOC)C(CN)c1cc(F)cc(F)c1. The minimum absolute atomic E-state index is 0.199. The topological polar surface area (TPSA) is 38.5 Å². The first-order chi connectivity index (χ1) is 8.62. The van der Waals surface area contributed by atoms with Gasteiger partial charge in [-0.05, 0) is 24.2 Å². The first-order valence-electron chi connectivity index (χ1n) is 6.01. The van der Waals surface area contributed by atoms with E-state index in [0.717, 1.165) is 12.6 Å². The number of hydrogen-bond donors (Lipinski definition) is 1. The minimum Gasteiger partial charge on any atom is -0.383 e. The fourth-order valence-corrected chi connectivity index (χ4v) is 2.01. The standard InChI is InChI=1S/C13H20F2N2O/c1-3-17(4-5-18-2)13(9-16)10-6-11(14)8-12(15)7-10/h6-8,13H,3-5,9,16H2,1-2H3. The molecule has 0 radical (unpaired) electrons. The number of halogens is 2. The number of ether oxygens (including phenoxy) is 1. The summed E-state index contributed by atoms with van der Waals surface area (Å²) in [5, 5.41) is 0. The lowest BCUT2D eigenvalue weighted by molar-refractivity contribution is 0.125. The highest BCUT2D eigenvalue weighted by molar-refractivity contribution is 5.22. The van der Waals surface area contributed by atoms with Crippen LogP contribution in [0.1, 0.15) is 18.5 Å². The fourth-order valence-electron chi connectivity index (χ4n) is 2.01. The Morgan fingerprint density at radius 2 is 1.89 bits per heavy atom. The molecule has 0 saturated heterocycles. The van der Waals surface area contributed by atoms with Crippen LogP contribution in [0.2, 0.25) is 0 Å². The van der Waals surface area contributed by atoms with Crippen LogP contribution in [-0.4, -0.2) is 38.3 Å². The van der Waals surface area contributed by atoms with Crippen molar-refractivity contribution in [1.82, 2.24) is 4.90 Å². The molecule has 102 valence electrons. The summed E-state index contributed by atoms with van der Waals surface area (Å²) >= 11 is 0. The van der Waals surface area contributed by atoms with Gasteiger partial charge >= 0.3 is 0 Å². The highest BCUT2D eigenvalue weighted by atomic mass is 19.1. The fraction of sp³-hybridized carbons (Fsp3) is 0.538. The zero-order valence-corrected chi connectivity index (χ0v) is 10.8. The molecule has 5 heteroatoms. The zero-order chi connectivity index (χ0) is 13.5. The normalized spacial score (nSPS) is 13.0. The highest BCUT2D eigenvalue weighted by Gasteiger charge is 2.18. The lowest BCUT2D eigenvalue weighted by Crippen LogP contribution is -2.36. The smallest absolute Gasteiger partial charge is 0.126 e. The van der Waals surface area contributed by atoms with Crippen molar-refractivity contribution in [2.75, 3.05) is 33.4 Å². The van der Waals surface area contributed by atoms with Crippen molar-refractivity contribution in [2.45, 2.75) is 13.0 Å². The molecule has 0 aliphatic carbocycles. The average molecular weight is 258 g/mol. The van der Waals surface area contributed by atoms with E-state index < -0.39 is 11.6 Å². The molecule has 1 rings (SSSR count). The van der Waals surface area contributed by atoms with Crippen LogP contribution in [0.5, 0.6) is 0 Å². The Balaban J connectivity index is 2.91. The van der Waals surface area contributed by atoms with Crippen molar-refractivity contribution in [3.63, 3.8) is 0 Å². The molecule has 1 aromatic carbocycles. The van der Waals surface area contributed by atoms with Gasteiger partial charge in [0.05, 0.1) is 6.61 Å². The molecule has 3 nitrogen and oxygen atoms in total. The van der Waals surface area contributed by atoms with Crippen molar-refractivity contribution >= 4 is 0 Å². The summed E-state index contributed by atoms with van der Waals surface area (Å²) in [6.07, 6.45) is 0. The zero-order valence-electron chi connectivity index (χ0n) is 10.8. The molecular weight excluding hydrogens is 238 g/mol. The second kappa shape index (κ2) is 7.41. The number of likely N-dealkylation sites (N-methyl/N-ethyl adjacent to an activating group) is 1. The summed E-state index contributed by atoms with van der Waals surface area (Å²) in [4.78, 5) is 2.04. The number of methoxy groups -OCH3 is 1. The van der Waals surface area contributed by atoms with Gasteiger partial charge in [0.15, 0.2) is 0 Å². The average Bonchev–Trinajstić information content (AvgIpc) is 2.33. The van der Waals surface area contributed by atoms with Crippen LogP contribution in [0.15, 0.2) is 18.2 Å². The van der Waals surface area contributed by atoms with Crippen molar-refractivity contribution in [3.8, 4) is 0 Å². The quantitative estimate of drug-likeness (QED) is 0.812. The van der Waals surface area contributed by atoms with E-state index in [1.54, 1.807) is 7.11 Å². The molecule has 0 bridgehead atoms. The third-order valence-corrected chi connectivity index (χ3v) is 2.92. The van der Waals surface area contributed by atoms with E-state index in [1.807, 2.05) is 11.8 Å². The Bertz CT molecular complexity index is 354. The van der Waals surface area contributed by atoms with Gasteiger partial charge in [0, 0.05) is 32.3 Å². The van der Waals surface area contributed by atoms with Crippen molar-refractivity contribution < 1.29 is 13.5 Å². The van der Waals surface area contributed by atoms with Crippen LogP contribution in [0.25, 0.3) is 0 Å². The molecule has 0 aliphatic rings. The van der Waals surface area contributed by atoms with E-state index >= 15 is 0 Å². The molecule has 0 heterocycles. The number of benzene rings is 1. The molecule has 0 saturated carbocycles. The minimum atomic E-state index is -0.578. The van der Waals surface area contributed by atoms with Crippen LogP contribution in [0.3, 0.4) is 0 Å². The molecule has 0 spiro atoms. The lowest BCUT2D eigenvalue weighted by Gasteiger charge is -2.30. The van der Waals surface area contributed by atoms with Crippen molar-refractivity contribution in [3.05, 3.63) is 35.4 Å². The Kier molecular flexibility index (Phi) is 6.18. The molecule has 0 fully saturated rings. The van der Waals surface area contributed by atoms with Gasteiger partial charge in [-0.15, -0.1) is 0 Å².